The third kappa shape index (κ3) is 9.06. The molecular weight excluding hydrogens is 615 g/mol. The summed E-state index contributed by atoms with van der Waals surface area (Å²) in [5, 5.41) is 11.9. The molecule has 0 radical (unpaired) electrons. The second kappa shape index (κ2) is 15.7. The number of sulfonamides is 1. The molecule has 3 aromatic rings. The van der Waals surface area contributed by atoms with Crippen LogP contribution in [0.25, 0.3) is 0 Å². The molecule has 4 rings (SSSR count). The molecular formula is C33H43N3O7S2. The summed E-state index contributed by atoms with van der Waals surface area (Å²) >= 11 is 1.10. The molecule has 0 spiro atoms. The second-order valence-electron chi connectivity index (χ2n) is 11.6. The molecule has 0 fully saturated rings. The maximum Gasteiger partial charge on any atom is 0.271 e. The maximum atomic E-state index is 14.3. The normalized spacial score (nSPS) is 20.8. The highest BCUT2D eigenvalue weighted by atomic mass is 32.2. The zero-order chi connectivity index (χ0) is 32.6. The largest absolute Gasteiger partial charge is 0.490 e. The third-order valence-electron chi connectivity index (χ3n) is 7.88. The van der Waals surface area contributed by atoms with Crippen molar-refractivity contribution >= 4 is 38.9 Å². The third-order valence-corrected chi connectivity index (χ3v) is 10.7. The van der Waals surface area contributed by atoms with Gasteiger partial charge in [0.05, 0.1) is 30.4 Å². The van der Waals surface area contributed by atoms with Gasteiger partial charge in [0.15, 0.2) is 0 Å². The summed E-state index contributed by atoms with van der Waals surface area (Å²) in [7, 11) is -2.11. The molecule has 4 atom stereocenters. The van der Waals surface area contributed by atoms with Gasteiger partial charge in [0.2, 0.25) is 0 Å². The van der Waals surface area contributed by atoms with Gasteiger partial charge in [-0.2, -0.15) is 0 Å². The van der Waals surface area contributed by atoms with Gasteiger partial charge in [-0.25, -0.2) is 8.42 Å². The van der Waals surface area contributed by atoms with E-state index < -0.39 is 22.0 Å². The number of anilines is 1. The van der Waals surface area contributed by atoms with Crippen molar-refractivity contribution in [1.29, 1.82) is 0 Å². The van der Waals surface area contributed by atoms with Gasteiger partial charge >= 0.3 is 0 Å². The minimum absolute atomic E-state index is 0.125. The van der Waals surface area contributed by atoms with E-state index in [9.17, 15) is 23.1 Å². The number of amides is 2. The molecule has 2 heterocycles. The number of likely N-dealkylation sites (N-methyl/N-ethyl adjacent to an activating group) is 1. The molecule has 0 unspecified atom stereocenters. The molecule has 2 amide bonds. The highest BCUT2D eigenvalue weighted by Crippen LogP contribution is 2.30. The minimum Gasteiger partial charge on any atom is -0.490 e. The van der Waals surface area contributed by atoms with Crippen molar-refractivity contribution in [3.05, 3.63) is 77.2 Å². The van der Waals surface area contributed by atoms with Gasteiger partial charge in [-0.15, -0.1) is 11.3 Å². The Kier molecular flexibility index (Phi) is 12.0. The Morgan fingerprint density at radius 3 is 2.58 bits per heavy atom. The highest BCUT2D eigenvalue weighted by Gasteiger charge is 2.31. The number of carbonyl (C=O) groups excluding carboxylic acids is 2. The van der Waals surface area contributed by atoms with Gasteiger partial charge in [0, 0.05) is 43.9 Å². The number of fused-ring (bicyclic) bond motifs is 1. The zero-order valence-electron chi connectivity index (χ0n) is 26.2. The quantitative estimate of drug-likeness (QED) is 0.345. The number of ether oxygens (including phenoxy) is 2. The number of rotatable bonds is 8. The standard InChI is InChI=1S/C33H43N3O7S2/c1-23-20-36(24(2)22-37)33(39)28-19-27(34-45(40,41)31-14-10-18-44-31)15-16-29(28)43-25(3)11-8-9-17-42-30(23)21-35(4)32(38)26-12-6-5-7-13-26/h5-7,10,12-16,18-19,23-25,30,34,37H,8-9,11,17,20-22H2,1-4H3/t23-,24+,25+,30-/m0/s1. The average Bonchev–Trinajstić information content (AvgIpc) is 3.59. The number of aliphatic hydroxyl groups is 1. The van der Waals surface area contributed by atoms with E-state index in [0.29, 0.717) is 30.9 Å². The molecule has 0 saturated heterocycles. The molecule has 45 heavy (non-hydrogen) atoms. The lowest BCUT2D eigenvalue weighted by molar-refractivity contribution is -0.0149. The fourth-order valence-corrected chi connectivity index (χ4v) is 7.27. The molecule has 2 N–H and O–H groups in total. The Morgan fingerprint density at radius 1 is 1.13 bits per heavy atom. The van der Waals surface area contributed by atoms with Gasteiger partial charge in [-0.05, 0) is 74.9 Å². The van der Waals surface area contributed by atoms with E-state index in [1.54, 1.807) is 59.5 Å². The van der Waals surface area contributed by atoms with Crippen LogP contribution in [0, 0.1) is 5.92 Å². The van der Waals surface area contributed by atoms with Gasteiger partial charge < -0.3 is 24.4 Å². The van der Waals surface area contributed by atoms with Crippen LogP contribution in [-0.2, 0) is 14.8 Å². The average molecular weight is 658 g/mol. The zero-order valence-corrected chi connectivity index (χ0v) is 27.9. The van der Waals surface area contributed by atoms with E-state index in [4.69, 9.17) is 9.47 Å². The van der Waals surface area contributed by atoms with Gasteiger partial charge in [-0.1, -0.05) is 31.2 Å². The molecule has 10 nitrogen and oxygen atoms in total. The predicted octanol–water partition coefficient (Wildman–Crippen LogP) is 5.12. The van der Waals surface area contributed by atoms with E-state index in [1.165, 1.54) is 12.1 Å². The summed E-state index contributed by atoms with van der Waals surface area (Å²) in [5.74, 6) is -0.416. The first-order valence-electron chi connectivity index (χ1n) is 15.2. The molecule has 2 aromatic carbocycles. The molecule has 1 aliphatic rings. The highest BCUT2D eigenvalue weighted by molar-refractivity contribution is 7.94. The second-order valence-corrected chi connectivity index (χ2v) is 14.5. The van der Waals surface area contributed by atoms with Crippen molar-refractivity contribution in [2.75, 3.05) is 38.1 Å². The molecule has 244 valence electrons. The van der Waals surface area contributed by atoms with Crippen LogP contribution < -0.4 is 9.46 Å². The first-order valence-corrected chi connectivity index (χ1v) is 17.6. The molecule has 0 saturated carbocycles. The maximum absolute atomic E-state index is 14.3. The van der Waals surface area contributed by atoms with Gasteiger partial charge in [0.1, 0.15) is 9.96 Å². The van der Waals surface area contributed by atoms with Crippen molar-refractivity contribution in [1.82, 2.24) is 9.80 Å². The van der Waals surface area contributed by atoms with Crippen molar-refractivity contribution in [2.24, 2.45) is 5.92 Å². The molecule has 0 bridgehead atoms. The number of nitrogens with zero attached hydrogens (tertiary/aromatic N) is 2. The van der Waals surface area contributed by atoms with E-state index in [0.717, 1.165) is 24.2 Å². The fourth-order valence-electron chi connectivity index (χ4n) is 5.22. The predicted molar refractivity (Wildman–Crippen MR) is 175 cm³/mol. The fraction of sp³-hybridized carbons (Fsp3) is 0.455. The van der Waals surface area contributed by atoms with Gasteiger partial charge in [0.25, 0.3) is 21.8 Å². The summed E-state index contributed by atoms with van der Waals surface area (Å²) in [5.41, 5.74) is 0.988. The van der Waals surface area contributed by atoms with Crippen LogP contribution in [-0.4, -0.2) is 86.7 Å². The monoisotopic (exact) mass is 657 g/mol. The van der Waals surface area contributed by atoms with Crippen LogP contribution >= 0.6 is 11.3 Å². The molecule has 1 aliphatic heterocycles. The summed E-state index contributed by atoms with van der Waals surface area (Å²) < 4.78 is 41.2. The Balaban J connectivity index is 1.65. The number of carbonyl (C=O) groups is 2. The lowest BCUT2D eigenvalue weighted by atomic mass is 10.0. The van der Waals surface area contributed by atoms with Crippen LogP contribution in [0.5, 0.6) is 5.75 Å². The Labute approximate surface area is 270 Å². The van der Waals surface area contributed by atoms with E-state index in [1.807, 2.05) is 32.0 Å². The van der Waals surface area contributed by atoms with Crippen molar-refractivity contribution in [2.45, 2.75) is 62.5 Å². The van der Waals surface area contributed by atoms with Crippen LogP contribution in [0.15, 0.2) is 70.3 Å². The lowest BCUT2D eigenvalue weighted by Crippen LogP contribution is -2.48. The van der Waals surface area contributed by atoms with Crippen molar-refractivity contribution in [3.63, 3.8) is 0 Å². The smallest absolute Gasteiger partial charge is 0.271 e. The molecule has 0 aliphatic carbocycles. The van der Waals surface area contributed by atoms with E-state index in [-0.39, 0.29) is 52.6 Å². The van der Waals surface area contributed by atoms with Crippen molar-refractivity contribution in [3.8, 4) is 5.75 Å². The minimum atomic E-state index is -3.85. The van der Waals surface area contributed by atoms with E-state index in [2.05, 4.69) is 4.72 Å². The van der Waals surface area contributed by atoms with Crippen LogP contribution in [0.3, 0.4) is 0 Å². The Bertz CT molecular complexity index is 1520. The Morgan fingerprint density at radius 2 is 1.89 bits per heavy atom. The van der Waals surface area contributed by atoms with Gasteiger partial charge in [-0.3, -0.25) is 14.3 Å². The SMILES string of the molecule is C[C@@H]1CCCCO[C@@H](CN(C)C(=O)c2ccccc2)[C@@H](C)CN([C@H](C)CO)C(=O)c2cc(NS(=O)(=O)c3cccs3)ccc2O1. The summed E-state index contributed by atoms with van der Waals surface area (Å²) in [6, 6.07) is 16.3. The molecule has 1 aromatic heterocycles. The lowest BCUT2D eigenvalue weighted by Gasteiger charge is -2.36. The summed E-state index contributed by atoms with van der Waals surface area (Å²) in [4.78, 5) is 30.6. The van der Waals surface area contributed by atoms with Crippen molar-refractivity contribution < 1.29 is 32.6 Å². The number of nitrogens with one attached hydrogen (secondary N) is 1. The summed E-state index contributed by atoms with van der Waals surface area (Å²) in [6.45, 7) is 6.38. The number of hydrogen-bond donors (Lipinski definition) is 2. The topological polar surface area (TPSA) is 125 Å². The Hall–Kier alpha value is -3.45. The van der Waals surface area contributed by atoms with E-state index >= 15 is 0 Å². The molecule has 12 heteroatoms. The number of benzene rings is 2. The first kappa shape index (κ1) is 34.4. The summed E-state index contributed by atoms with van der Waals surface area (Å²) in [6.07, 6.45) is 1.73. The number of thiophene rings is 1. The number of hydrogen-bond acceptors (Lipinski definition) is 8. The van der Waals surface area contributed by atoms with Crippen LogP contribution in [0.4, 0.5) is 5.69 Å². The first-order chi connectivity index (χ1) is 21.5. The number of aliphatic hydroxyl groups excluding tert-OH is 1. The van der Waals surface area contributed by atoms with Crippen LogP contribution in [0.1, 0.15) is 60.7 Å². The van der Waals surface area contributed by atoms with Crippen LogP contribution in [0.2, 0.25) is 0 Å².